The topological polar surface area (TPSA) is 129 Å². The van der Waals surface area contributed by atoms with E-state index < -0.39 is 35.7 Å². The number of amides is 3. The highest BCUT2D eigenvalue weighted by molar-refractivity contribution is 6.00. The molecule has 50 heavy (non-hydrogen) atoms. The van der Waals surface area contributed by atoms with Gasteiger partial charge >= 0.3 is 0 Å². The van der Waals surface area contributed by atoms with Crippen molar-refractivity contribution in [2.45, 2.75) is 116 Å². The lowest BCUT2D eigenvalue weighted by Crippen LogP contribution is -2.63. The number of benzene rings is 1. The molecular weight excluding hydrogens is 634 g/mol. The molecule has 1 saturated heterocycles. The first-order chi connectivity index (χ1) is 23.6. The third-order valence-corrected chi connectivity index (χ3v) is 10.7. The Labute approximate surface area is 302 Å². The van der Waals surface area contributed by atoms with Crippen molar-refractivity contribution >= 4 is 23.5 Å². The molecule has 0 aliphatic carbocycles. The number of rotatable bonds is 21. The molecule has 0 bridgehead atoms. The van der Waals surface area contributed by atoms with E-state index in [2.05, 4.69) is 29.8 Å². The fourth-order valence-electron chi connectivity index (χ4n) is 8.04. The predicted octanol–water partition coefficient (Wildman–Crippen LogP) is 3.69. The molecule has 1 heterocycles. The monoisotopic (exact) mass is 702 g/mol. The molecular formula is C39H67N5O6. The van der Waals surface area contributed by atoms with Crippen molar-refractivity contribution in [2.24, 2.45) is 23.7 Å². The predicted molar refractivity (Wildman–Crippen MR) is 199 cm³/mol. The summed E-state index contributed by atoms with van der Waals surface area (Å²) >= 11 is 0. The zero-order chi connectivity index (χ0) is 37.8. The lowest BCUT2D eigenvalue weighted by atomic mass is 9.76. The number of hydrogen-bond acceptors (Lipinski definition) is 9. The van der Waals surface area contributed by atoms with Crippen LogP contribution in [0.2, 0.25) is 0 Å². The van der Waals surface area contributed by atoms with Gasteiger partial charge in [-0.25, -0.2) is 0 Å². The lowest BCUT2D eigenvalue weighted by molar-refractivity contribution is -0.142. The first kappa shape index (κ1) is 43.5. The number of imide groups is 1. The highest BCUT2D eigenvalue weighted by Crippen LogP contribution is 2.34. The standard InChI is InChI=1S/C39H67N5O6/c1-13-27(6)34(44(10)33(26(4)5)38(48)42-37(47)32(25(2)3)43(8)9)30(49-11)24-31(45)39(21-17-22-41-39)35(50-12)28(7)36(46)40-23-20-29-18-15-14-16-19-29/h14-16,18-19,25-28,30,32-35,41H,13,17,20-24H2,1-12H3,(H,40,46)(H,42,47,48)/t27-,28+,30+,32-,33-,34-,35+,39+/m0/s1. The Balaban J connectivity index is 2.33. The number of nitrogens with zero attached hydrogens (tertiary/aromatic N) is 2. The zero-order valence-electron chi connectivity index (χ0n) is 32.9. The van der Waals surface area contributed by atoms with Gasteiger partial charge in [0.2, 0.25) is 17.7 Å². The molecule has 11 heteroatoms. The minimum Gasteiger partial charge on any atom is -0.379 e. The van der Waals surface area contributed by atoms with Gasteiger partial charge in [-0.1, -0.05) is 85.2 Å². The number of Topliss-reactive ketones (excluding diaryl/α,β-unsaturated/α-hetero) is 1. The molecule has 3 N–H and O–H groups in total. The van der Waals surface area contributed by atoms with E-state index in [1.165, 1.54) is 0 Å². The van der Waals surface area contributed by atoms with Crippen LogP contribution in [0.1, 0.15) is 79.7 Å². The summed E-state index contributed by atoms with van der Waals surface area (Å²) in [6, 6.07) is 8.56. The normalized spacial score (nSPS) is 20.7. The Bertz CT molecular complexity index is 1210. The summed E-state index contributed by atoms with van der Waals surface area (Å²) in [7, 11) is 8.71. The summed E-state index contributed by atoms with van der Waals surface area (Å²) < 4.78 is 12.1. The van der Waals surface area contributed by atoms with E-state index in [0.29, 0.717) is 25.9 Å². The molecule has 0 spiro atoms. The second kappa shape index (κ2) is 20.4. The second-order valence-electron chi connectivity index (χ2n) is 15.1. The molecule has 1 fully saturated rings. The molecule has 2 rings (SSSR count). The molecule has 11 nitrogen and oxygen atoms in total. The van der Waals surface area contributed by atoms with Crippen LogP contribution in [0.4, 0.5) is 0 Å². The van der Waals surface area contributed by atoms with E-state index >= 15 is 0 Å². The minimum atomic E-state index is -1.07. The van der Waals surface area contributed by atoms with Crippen molar-refractivity contribution in [3.63, 3.8) is 0 Å². The Kier molecular flexibility index (Phi) is 17.7. The maximum atomic E-state index is 14.6. The van der Waals surface area contributed by atoms with Crippen LogP contribution in [0.5, 0.6) is 0 Å². The van der Waals surface area contributed by atoms with Crippen molar-refractivity contribution in [1.82, 2.24) is 25.8 Å². The fourth-order valence-corrected chi connectivity index (χ4v) is 8.04. The second-order valence-corrected chi connectivity index (χ2v) is 15.1. The Morgan fingerprint density at radius 3 is 1.96 bits per heavy atom. The van der Waals surface area contributed by atoms with Crippen LogP contribution < -0.4 is 16.0 Å². The van der Waals surface area contributed by atoms with E-state index in [0.717, 1.165) is 18.4 Å². The summed E-state index contributed by atoms with van der Waals surface area (Å²) in [5.74, 6) is -1.60. The van der Waals surface area contributed by atoms with Gasteiger partial charge < -0.3 is 20.1 Å². The highest BCUT2D eigenvalue weighted by Gasteiger charge is 2.52. The van der Waals surface area contributed by atoms with Gasteiger partial charge in [0.1, 0.15) is 5.54 Å². The number of methoxy groups -OCH3 is 2. The minimum absolute atomic E-state index is 0.0142. The van der Waals surface area contributed by atoms with Crippen LogP contribution in [0.15, 0.2) is 30.3 Å². The smallest absolute Gasteiger partial charge is 0.244 e. The molecule has 0 saturated carbocycles. The summed E-state index contributed by atoms with van der Waals surface area (Å²) in [6.07, 6.45) is 1.60. The third-order valence-electron chi connectivity index (χ3n) is 10.7. The van der Waals surface area contributed by atoms with Gasteiger partial charge in [0.15, 0.2) is 5.78 Å². The maximum absolute atomic E-state index is 14.6. The lowest BCUT2D eigenvalue weighted by Gasteiger charge is -2.44. The molecule has 0 unspecified atom stereocenters. The molecule has 1 aromatic carbocycles. The molecule has 1 aromatic rings. The van der Waals surface area contributed by atoms with E-state index in [4.69, 9.17) is 9.47 Å². The molecule has 1 aliphatic heterocycles. The molecule has 3 amide bonds. The first-order valence-electron chi connectivity index (χ1n) is 18.5. The van der Waals surface area contributed by atoms with E-state index in [9.17, 15) is 19.2 Å². The Morgan fingerprint density at radius 1 is 0.880 bits per heavy atom. The zero-order valence-corrected chi connectivity index (χ0v) is 32.9. The number of nitrogens with one attached hydrogen (secondary N) is 3. The van der Waals surface area contributed by atoms with E-state index in [1.54, 1.807) is 14.2 Å². The van der Waals surface area contributed by atoms with Gasteiger partial charge in [-0.05, 0) is 70.3 Å². The van der Waals surface area contributed by atoms with Gasteiger partial charge in [-0.2, -0.15) is 0 Å². The summed E-state index contributed by atoms with van der Waals surface area (Å²) in [4.78, 5) is 59.0. The van der Waals surface area contributed by atoms with Crippen LogP contribution in [0.3, 0.4) is 0 Å². The molecule has 1 aliphatic rings. The van der Waals surface area contributed by atoms with Crippen LogP contribution in [0, 0.1) is 23.7 Å². The summed E-state index contributed by atoms with van der Waals surface area (Å²) in [5.41, 5.74) is 0.0657. The van der Waals surface area contributed by atoms with Crippen molar-refractivity contribution in [1.29, 1.82) is 0 Å². The number of hydrogen-bond donors (Lipinski definition) is 3. The van der Waals surface area contributed by atoms with Gasteiger partial charge in [-0.15, -0.1) is 0 Å². The third kappa shape index (κ3) is 10.9. The van der Waals surface area contributed by atoms with Crippen LogP contribution >= 0.6 is 0 Å². The average molecular weight is 702 g/mol. The molecule has 8 atom stereocenters. The number of likely N-dealkylation sites (N-methyl/N-ethyl adjacent to an activating group) is 2. The number of ketones is 1. The summed E-state index contributed by atoms with van der Waals surface area (Å²) in [6.45, 7) is 15.0. The maximum Gasteiger partial charge on any atom is 0.244 e. The van der Waals surface area contributed by atoms with Crippen LogP contribution in [-0.2, 0) is 35.1 Å². The van der Waals surface area contributed by atoms with Crippen LogP contribution in [0.25, 0.3) is 0 Å². The number of ether oxygens (including phenoxy) is 2. The van der Waals surface area contributed by atoms with Gasteiger partial charge in [0.05, 0.1) is 30.2 Å². The van der Waals surface area contributed by atoms with Crippen LogP contribution in [-0.4, -0.2) is 118 Å². The highest BCUT2D eigenvalue weighted by atomic mass is 16.5. The Morgan fingerprint density at radius 2 is 1.48 bits per heavy atom. The quantitative estimate of drug-likeness (QED) is 0.176. The average Bonchev–Trinajstić information content (AvgIpc) is 3.55. The first-order valence-corrected chi connectivity index (χ1v) is 18.5. The molecule has 0 radical (unpaired) electrons. The largest absolute Gasteiger partial charge is 0.379 e. The SMILES string of the molecule is CC[C@H](C)[C@@H]([C@@H](CC(=O)[C@@]1([C@H](OC)[C@@H](C)C(=O)NCCc2ccccc2)CCCN1)OC)N(C)[C@H](C(=O)NC(=O)[C@H](C(C)C)N(C)C)C(C)C. The molecule has 284 valence electrons. The summed E-state index contributed by atoms with van der Waals surface area (Å²) in [5, 5.41) is 9.21. The van der Waals surface area contributed by atoms with Crippen molar-refractivity contribution in [2.75, 3.05) is 48.5 Å². The van der Waals surface area contributed by atoms with E-state index in [1.807, 2.05) is 95.9 Å². The number of carbonyl (C=O) groups excluding carboxylic acids is 4. The number of carbonyl (C=O) groups is 4. The molecule has 0 aromatic heterocycles. The van der Waals surface area contributed by atoms with Gasteiger partial charge in [0.25, 0.3) is 0 Å². The van der Waals surface area contributed by atoms with Crippen molar-refractivity contribution in [3.8, 4) is 0 Å². The van der Waals surface area contributed by atoms with Gasteiger partial charge in [0, 0.05) is 33.2 Å². The van der Waals surface area contributed by atoms with Gasteiger partial charge in [-0.3, -0.25) is 34.3 Å². The Hall–Kier alpha value is -2.70. The van der Waals surface area contributed by atoms with E-state index in [-0.39, 0.29) is 53.7 Å². The van der Waals surface area contributed by atoms with Crippen molar-refractivity contribution < 1.29 is 28.7 Å². The fraction of sp³-hybridized carbons (Fsp3) is 0.744. The van der Waals surface area contributed by atoms with Crippen molar-refractivity contribution in [3.05, 3.63) is 35.9 Å².